The van der Waals surface area contributed by atoms with Gasteiger partial charge in [0.2, 0.25) is 10.0 Å². The number of rotatable bonds is 6. The highest BCUT2D eigenvalue weighted by Gasteiger charge is 2.32. The molecule has 0 heterocycles. The molecule has 0 aromatic rings. The van der Waals surface area contributed by atoms with Crippen molar-refractivity contribution < 1.29 is 8.42 Å². The molecule has 0 aromatic carbocycles. The average Bonchev–Trinajstić information content (AvgIpc) is 2.10. The van der Waals surface area contributed by atoms with Crippen LogP contribution in [0, 0.1) is 5.41 Å². The van der Waals surface area contributed by atoms with Crippen LogP contribution in [-0.2, 0) is 10.0 Å². The van der Waals surface area contributed by atoms with E-state index in [0.717, 1.165) is 12.8 Å². The van der Waals surface area contributed by atoms with Crippen molar-refractivity contribution in [2.75, 3.05) is 11.1 Å². The lowest BCUT2D eigenvalue weighted by molar-refractivity contribution is 0.389. The van der Waals surface area contributed by atoms with Crippen LogP contribution in [0.2, 0.25) is 0 Å². The van der Waals surface area contributed by atoms with Gasteiger partial charge >= 0.3 is 0 Å². The van der Waals surface area contributed by atoms with Crippen LogP contribution in [0.1, 0.15) is 47.5 Å². The number of alkyl halides is 1. The summed E-state index contributed by atoms with van der Waals surface area (Å²) in [6, 6.07) is 0. The van der Waals surface area contributed by atoms with Crippen LogP contribution in [0.5, 0.6) is 0 Å². The van der Waals surface area contributed by atoms with Gasteiger partial charge in [0.25, 0.3) is 0 Å². The Morgan fingerprint density at radius 3 is 1.81 bits per heavy atom. The Bertz CT molecular complexity index is 294. The highest BCUT2D eigenvalue weighted by Crippen LogP contribution is 2.22. The van der Waals surface area contributed by atoms with E-state index in [2.05, 4.69) is 20.7 Å². The molecule has 0 aliphatic heterocycles. The van der Waals surface area contributed by atoms with Crippen molar-refractivity contribution in [3.63, 3.8) is 0 Å². The van der Waals surface area contributed by atoms with Crippen LogP contribution >= 0.6 is 15.9 Å². The minimum Gasteiger partial charge on any atom is -0.212 e. The Balaban J connectivity index is 4.81. The summed E-state index contributed by atoms with van der Waals surface area (Å²) in [5.41, 5.74) is -0.560. The van der Waals surface area contributed by atoms with E-state index in [-0.39, 0.29) is 16.7 Å². The molecule has 1 N–H and O–H groups in total. The van der Waals surface area contributed by atoms with Crippen LogP contribution in [-0.4, -0.2) is 25.0 Å². The molecule has 0 atom stereocenters. The van der Waals surface area contributed by atoms with Gasteiger partial charge in [0, 0.05) is 10.9 Å². The third kappa shape index (κ3) is 5.64. The zero-order valence-electron chi connectivity index (χ0n) is 10.9. The SMILES string of the molecule is CCC(CC)(CBr)NS(=O)(=O)CC(C)(C)C. The van der Waals surface area contributed by atoms with Gasteiger partial charge in [0.1, 0.15) is 0 Å². The molecular formula is C11H24BrNO2S. The second-order valence-corrected chi connectivity index (χ2v) is 7.83. The van der Waals surface area contributed by atoms with Crippen LogP contribution in [0.4, 0.5) is 0 Å². The molecule has 0 aromatic heterocycles. The lowest BCUT2D eigenvalue weighted by Gasteiger charge is -2.32. The van der Waals surface area contributed by atoms with Crippen LogP contribution in [0.15, 0.2) is 0 Å². The lowest BCUT2D eigenvalue weighted by atomic mass is 9.97. The second kappa shape index (κ2) is 5.83. The van der Waals surface area contributed by atoms with Crippen molar-refractivity contribution in [2.45, 2.75) is 53.0 Å². The van der Waals surface area contributed by atoms with E-state index >= 15 is 0 Å². The maximum Gasteiger partial charge on any atom is 0.212 e. The van der Waals surface area contributed by atoms with E-state index in [1.807, 2.05) is 34.6 Å². The van der Waals surface area contributed by atoms with Gasteiger partial charge < -0.3 is 0 Å². The number of sulfonamides is 1. The van der Waals surface area contributed by atoms with E-state index in [9.17, 15) is 8.42 Å². The number of nitrogens with one attached hydrogen (secondary N) is 1. The predicted molar refractivity (Wildman–Crippen MR) is 73.5 cm³/mol. The second-order valence-electron chi connectivity index (χ2n) is 5.54. The summed E-state index contributed by atoms with van der Waals surface area (Å²) in [6.07, 6.45) is 1.58. The first kappa shape index (κ1) is 16.4. The molecule has 0 fully saturated rings. The molecule has 0 saturated carbocycles. The molecule has 0 aliphatic rings. The van der Waals surface area contributed by atoms with Crippen molar-refractivity contribution in [2.24, 2.45) is 5.41 Å². The number of hydrogen-bond donors (Lipinski definition) is 1. The molecule has 0 radical (unpaired) electrons. The Hall–Kier alpha value is 0.390. The van der Waals surface area contributed by atoms with Gasteiger partial charge in [-0.1, -0.05) is 50.5 Å². The smallest absolute Gasteiger partial charge is 0.212 e. The summed E-state index contributed by atoms with van der Waals surface area (Å²) < 4.78 is 26.9. The molecule has 0 bridgehead atoms. The maximum atomic E-state index is 12.0. The number of hydrogen-bond acceptors (Lipinski definition) is 2. The highest BCUT2D eigenvalue weighted by molar-refractivity contribution is 9.09. The third-order valence-corrected chi connectivity index (χ3v) is 5.67. The van der Waals surface area contributed by atoms with Crippen LogP contribution in [0.25, 0.3) is 0 Å². The van der Waals surface area contributed by atoms with E-state index in [0.29, 0.717) is 5.33 Å². The summed E-state index contributed by atoms with van der Waals surface area (Å²) in [7, 11) is -3.21. The Morgan fingerprint density at radius 2 is 1.56 bits per heavy atom. The van der Waals surface area contributed by atoms with Crippen molar-refractivity contribution >= 4 is 26.0 Å². The quantitative estimate of drug-likeness (QED) is 0.766. The lowest BCUT2D eigenvalue weighted by Crippen LogP contribution is -2.50. The van der Waals surface area contributed by atoms with Crippen molar-refractivity contribution in [1.29, 1.82) is 0 Å². The average molecular weight is 314 g/mol. The molecular weight excluding hydrogens is 290 g/mol. The van der Waals surface area contributed by atoms with Gasteiger partial charge in [0.05, 0.1) is 5.75 Å². The van der Waals surface area contributed by atoms with Gasteiger partial charge in [-0.25, -0.2) is 13.1 Å². The molecule has 0 saturated heterocycles. The molecule has 0 amide bonds. The molecule has 3 nitrogen and oxygen atoms in total. The molecule has 0 unspecified atom stereocenters. The predicted octanol–water partition coefficient (Wildman–Crippen LogP) is 2.91. The zero-order chi connectivity index (χ0) is 13.0. The van der Waals surface area contributed by atoms with E-state index in [1.54, 1.807) is 0 Å². The van der Waals surface area contributed by atoms with Crippen LogP contribution in [0.3, 0.4) is 0 Å². The molecule has 5 heteroatoms. The summed E-state index contributed by atoms with van der Waals surface area (Å²) >= 11 is 3.40. The topological polar surface area (TPSA) is 46.2 Å². The van der Waals surface area contributed by atoms with Crippen molar-refractivity contribution in [3.05, 3.63) is 0 Å². The molecule has 16 heavy (non-hydrogen) atoms. The summed E-state index contributed by atoms with van der Waals surface area (Å²) in [4.78, 5) is 0. The monoisotopic (exact) mass is 313 g/mol. The van der Waals surface area contributed by atoms with Gasteiger partial charge in [-0.3, -0.25) is 0 Å². The standard InChI is InChI=1S/C11H24BrNO2S/c1-6-11(7-2,8-12)13-16(14,15)9-10(3,4)5/h13H,6-9H2,1-5H3. The molecule has 0 spiro atoms. The molecule has 0 rings (SSSR count). The minimum absolute atomic E-state index is 0.161. The van der Waals surface area contributed by atoms with Gasteiger partial charge in [0.15, 0.2) is 0 Å². The largest absolute Gasteiger partial charge is 0.212 e. The number of halogens is 1. The van der Waals surface area contributed by atoms with Crippen LogP contribution < -0.4 is 4.72 Å². The maximum absolute atomic E-state index is 12.0. The van der Waals surface area contributed by atoms with Crippen molar-refractivity contribution in [3.8, 4) is 0 Å². The Labute approximate surface area is 109 Å². The first-order valence-corrected chi connectivity index (χ1v) is 8.45. The van der Waals surface area contributed by atoms with E-state index in [1.165, 1.54) is 0 Å². The first-order valence-electron chi connectivity index (χ1n) is 5.67. The van der Waals surface area contributed by atoms with Gasteiger partial charge in [-0.15, -0.1) is 0 Å². The Kier molecular flexibility index (Phi) is 5.97. The third-order valence-electron chi connectivity index (χ3n) is 2.60. The fraction of sp³-hybridized carbons (Fsp3) is 1.00. The summed E-state index contributed by atoms with van der Waals surface area (Å²) in [5.74, 6) is 0.161. The normalized spacial score (nSPS) is 14.1. The minimum atomic E-state index is -3.21. The fourth-order valence-electron chi connectivity index (χ4n) is 1.55. The Morgan fingerprint density at radius 1 is 1.12 bits per heavy atom. The van der Waals surface area contributed by atoms with Gasteiger partial charge in [-0.2, -0.15) is 0 Å². The van der Waals surface area contributed by atoms with Gasteiger partial charge in [-0.05, 0) is 18.3 Å². The van der Waals surface area contributed by atoms with E-state index in [4.69, 9.17) is 0 Å². The fourth-order valence-corrected chi connectivity index (χ4v) is 4.90. The first-order chi connectivity index (χ1) is 7.10. The zero-order valence-corrected chi connectivity index (χ0v) is 13.3. The van der Waals surface area contributed by atoms with Crippen molar-refractivity contribution in [1.82, 2.24) is 4.72 Å². The summed E-state index contributed by atoms with van der Waals surface area (Å²) in [6.45, 7) is 9.80. The molecule has 98 valence electrons. The highest BCUT2D eigenvalue weighted by atomic mass is 79.9. The summed E-state index contributed by atoms with van der Waals surface area (Å²) in [5, 5.41) is 0.649. The van der Waals surface area contributed by atoms with E-state index < -0.39 is 10.0 Å². The molecule has 0 aliphatic carbocycles.